The zero-order valence-electron chi connectivity index (χ0n) is 11.7. The maximum Gasteiger partial charge on any atom is 0.0544 e. The second kappa shape index (κ2) is 4.77. The molecule has 2 aliphatic rings. The van der Waals surface area contributed by atoms with E-state index in [0.717, 1.165) is 19.3 Å². The van der Waals surface area contributed by atoms with Crippen molar-refractivity contribution < 1.29 is 0 Å². The van der Waals surface area contributed by atoms with Crippen molar-refractivity contribution in [1.29, 1.82) is 0 Å². The smallest absolute Gasteiger partial charge is 0.0544 e. The van der Waals surface area contributed by atoms with E-state index >= 15 is 0 Å². The highest BCUT2D eigenvalue weighted by molar-refractivity contribution is 9.09. The van der Waals surface area contributed by atoms with Crippen LogP contribution in [0.25, 0.3) is 0 Å². The molecule has 1 saturated carbocycles. The second-order valence-corrected chi connectivity index (χ2v) is 9.92. The minimum atomic E-state index is -0.0964. The van der Waals surface area contributed by atoms with Crippen LogP contribution in [0.15, 0.2) is 11.6 Å². The predicted molar refractivity (Wildman–Crippen MR) is 88.1 cm³/mol. The molecule has 0 bridgehead atoms. The third kappa shape index (κ3) is 2.15. The van der Waals surface area contributed by atoms with E-state index in [0.29, 0.717) is 15.1 Å². The Hall–Kier alpha value is 0.990. The highest BCUT2D eigenvalue weighted by atomic mass is 79.9. The van der Waals surface area contributed by atoms with Gasteiger partial charge in [-0.25, -0.2) is 0 Å². The van der Waals surface area contributed by atoms with Gasteiger partial charge in [-0.15, -0.1) is 11.6 Å². The van der Waals surface area contributed by atoms with Gasteiger partial charge < -0.3 is 0 Å². The van der Waals surface area contributed by atoms with E-state index in [1.54, 1.807) is 5.57 Å². The summed E-state index contributed by atoms with van der Waals surface area (Å²) in [5, 5.41) is 0. The molecule has 0 aromatic rings. The lowest BCUT2D eigenvalue weighted by atomic mass is 9.51. The van der Waals surface area contributed by atoms with Crippen molar-refractivity contribution >= 4 is 43.5 Å². The van der Waals surface area contributed by atoms with E-state index in [2.05, 4.69) is 65.6 Å². The van der Waals surface area contributed by atoms with Crippen LogP contribution in [0.1, 0.15) is 53.4 Å². The van der Waals surface area contributed by atoms with Gasteiger partial charge in [0, 0.05) is 9.65 Å². The first kappa shape index (κ1) is 15.4. The number of hydrogen-bond donors (Lipinski definition) is 0. The van der Waals surface area contributed by atoms with Gasteiger partial charge >= 0.3 is 0 Å². The Balaban J connectivity index is 2.41. The van der Waals surface area contributed by atoms with Gasteiger partial charge in [0.05, 0.1) is 4.87 Å². The molecule has 104 valence electrons. The number of allylic oxidation sites excluding steroid dienone is 2. The molecule has 2 rings (SSSR count). The maximum atomic E-state index is 6.62. The SMILES string of the molecule is CC1=CC[C@@H](Br)C(C)(C)[C@]12CC[C@](C)(Cl)C(Br)C2. The molecule has 1 fully saturated rings. The molecule has 0 aromatic heterocycles. The number of rotatable bonds is 0. The Kier molecular flexibility index (Phi) is 4.08. The first-order chi connectivity index (χ1) is 8.13. The fourth-order valence-electron chi connectivity index (χ4n) is 3.76. The molecule has 0 N–H and O–H groups in total. The van der Waals surface area contributed by atoms with Crippen molar-refractivity contribution in [2.45, 2.75) is 67.9 Å². The van der Waals surface area contributed by atoms with Crippen molar-refractivity contribution in [2.75, 3.05) is 0 Å². The lowest BCUT2D eigenvalue weighted by Crippen LogP contribution is -2.53. The molecule has 4 atom stereocenters. The molecule has 0 radical (unpaired) electrons. The molecule has 0 amide bonds. The molecule has 0 heterocycles. The summed E-state index contributed by atoms with van der Waals surface area (Å²) >= 11 is 14.4. The van der Waals surface area contributed by atoms with E-state index in [9.17, 15) is 0 Å². The summed E-state index contributed by atoms with van der Waals surface area (Å²) in [6.07, 6.45) is 7.00. The molecule has 2 aliphatic carbocycles. The average molecular weight is 399 g/mol. The van der Waals surface area contributed by atoms with Gasteiger partial charge in [0.15, 0.2) is 0 Å². The Labute approximate surface area is 133 Å². The van der Waals surface area contributed by atoms with Crippen molar-refractivity contribution in [1.82, 2.24) is 0 Å². The lowest BCUT2D eigenvalue weighted by Gasteiger charge is -2.58. The second-order valence-electron chi connectivity index (χ2n) is 6.84. The number of halogens is 3. The third-order valence-corrected chi connectivity index (χ3v) is 9.19. The van der Waals surface area contributed by atoms with E-state index in [1.807, 2.05) is 0 Å². The zero-order chi connectivity index (χ0) is 13.8. The van der Waals surface area contributed by atoms with Crippen molar-refractivity contribution in [3.05, 3.63) is 11.6 Å². The van der Waals surface area contributed by atoms with Crippen LogP contribution in [0, 0.1) is 10.8 Å². The largest absolute Gasteiger partial charge is 0.118 e. The zero-order valence-corrected chi connectivity index (χ0v) is 15.6. The highest BCUT2D eigenvalue weighted by Crippen LogP contribution is 2.63. The molecule has 0 nitrogen and oxygen atoms in total. The van der Waals surface area contributed by atoms with Gasteiger partial charge in [-0.2, -0.15) is 0 Å². The lowest BCUT2D eigenvalue weighted by molar-refractivity contribution is 0.0482. The van der Waals surface area contributed by atoms with Crippen LogP contribution < -0.4 is 0 Å². The van der Waals surface area contributed by atoms with Crippen LogP contribution in [0.2, 0.25) is 0 Å². The van der Waals surface area contributed by atoms with E-state index < -0.39 is 0 Å². The van der Waals surface area contributed by atoms with E-state index in [-0.39, 0.29) is 10.3 Å². The standard InChI is InChI=1S/C15H23Br2Cl/c1-10-5-6-11(16)13(2,3)15(10)8-7-14(4,18)12(17)9-15/h5,11-12H,6-9H2,1-4H3/t11-,12?,14+,15+/m1/s1. The van der Waals surface area contributed by atoms with Crippen molar-refractivity contribution in [3.8, 4) is 0 Å². The van der Waals surface area contributed by atoms with Gasteiger partial charge in [-0.05, 0) is 50.4 Å². The summed E-state index contributed by atoms with van der Waals surface area (Å²) in [6.45, 7) is 9.32. The van der Waals surface area contributed by atoms with E-state index in [1.165, 1.54) is 6.42 Å². The van der Waals surface area contributed by atoms with Crippen LogP contribution in [-0.2, 0) is 0 Å². The van der Waals surface area contributed by atoms with Gasteiger partial charge in [-0.3, -0.25) is 0 Å². The monoisotopic (exact) mass is 396 g/mol. The van der Waals surface area contributed by atoms with Crippen LogP contribution in [0.3, 0.4) is 0 Å². The first-order valence-electron chi connectivity index (χ1n) is 6.78. The fraction of sp³-hybridized carbons (Fsp3) is 0.867. The predicted octanol–water partition coefficient (Wildman–Crippen LogP) is 6.06. The summed E-state index contributed by atoms with van der Waals surface area (Å²) in [5.41, 5.74) is 2.15. The van der Waals surface area contributed by atoms with Gasteiger partial charge in [0.25, 0.3) is 0 Å². The summed E-state index contributed by atoms with van der Waals surface area (Å²) in [6, 6.07) is 0. The van der Waals surface area contributed by atoms with Crippen LogP contribution in [-0.4, -0.2) is 14.5 Å². The number of alkyl halides is 3. The maximum absolute atomic E-state index is 6.62. The third-order valence-electron chi connectivity index (χ3n) is 5.62. The normalized spacial score (nSPS) is 48.1. The fourth-order valence-corrected chi connectivity index (χ4v) is 5.34. The van der Waals surface area contributed by atoms with Gasteiger partial charge in [0.1, 0.15) is 0 Å². The molecule has 3 heteroatoms. The molecule has 0 aliphatic heterocycles. The quantitative estimate of drug-likeness (QED) is 0.344. The van der Waals surface area contributed by atoms with Gasteiger partial charge in [0.2, 0.25) is 0 Å². The van der Waals surface area contributed by atoms with Gasteiger partial charge in [-0.1, -0.05) is 57.4 Å². The summed E-state index contributed by atoms with van der Waals surface area (Å²) < 4.78 is 0. The molecule has 18 heavy (non-hydrogen) atoms. The number of hydrogen-bond acceptors (Lipinski definition) is 0. The molecular weight excluding hydrogens is 375 g/mol. The Bertz CT molecular complexity index is 373. The minimum Gasteiger partial charge on any atom is -0.118 e. The molecule has 0 aromatic carbocycles. The molecule has 1 spiro atoms. The van der Waals surface area contributed by atoms with Crippen LogP contribution in [0.4, 0.5) is 0 Å². The van der Waals surface area contributed by atoms with Crippen LogP contribution in [0.5, 0.6) is 0 Å². The summed E-state index contributed by atoms with van der Waals surface area (Å²) in [7, 11) is 0. The van der Waals surface area contributed by atoms with Crippen molar-refractivity contribution in [3.63, 3.8) is 0 Å². The highest BCUT2D eigenvalue weighted by Gasteiger charge is 2.56. The Morgan fingerprint density at radius 2 is 1.78 bits per heavy atom. The Morgan fingerprint density at radius 1 is 1.17 bits per heavy atom. The molecule has 1 unspecified atom stereocenters. The van der Waals surface area contributed by atoms with Crippen molar-refractivity contribution in [2.24, 2.45) is 10.8 Å². The summed E-state index contributed by atoms with van der Waals surface area (Å²) in [4.78, 5) is 0.856. The van der Waals surface area contributed by atoms with Crippen LogP contribution >= 0.6 is 43.5 Å². The topological polar surface area (TPSA) is 0 Å². The average Bonchev–Trinajstić information content (AvgIpc) is 2.27. The Morgan fingerprint density at radius 3 is 2.33 bits per heavy atom. The summed E-state index contributed by atoms with van der Waals surface area (Å²) in [5.74, 6) is 0. The molecule has 0 saturated heterocycles. The van der Waals surface area contributed by atoms with E-state index in [4.69, 9.17) is 11.6 Å². The first-order valence-corrected chi connectivity index (χ1v) is 8.99. The minimum absolute atomic E-state index is 0.0964. The molecular formula is C15H23Br2Cl.